The van der Waals surface area contributed by atoms with Crippen molar-refractivity contribution in [2.24, 2.45) is 5.16 Å². The first-order valence-electron chi connectivity index (χ1n) is 7.10. The molecule has 0 spiro atoms. The molecule has 0 amide bonds. The van der Waals surface area contributed by atoms with E-state index in [0.29, 0.717) is 33.2 Å². The summed E-state index contributed by atoms with van der Waals surface area (Å²) in [5.74, 6) is 0.430. The average Bonchev–Trinajstić information content (AvgIpc) is 2.60. The van der Waals surface area contributed by atoms with E-state index in [1.807, 2.05) is 36.4 Å². The molecule has 2 heterocycles. The van der Waals surface area contributed by atoms with Crippen molar-refractivity contribution in [2.75, 3.05) is 0 Å². The molecular weight excluding hydrogens is 292 g/mol. The smallest absolute Gasteiger partial charge is 0.256 e. The molecule has 0 aliphatic heterocycles. The Morgan fingerprint density at radius 1 is 0.957 bits per heavy atom. The second kappa shape index (κ2) is 5.14. The van der Waals surface area contributed by atoms with Gasteiger partial charge in [-0.05, 0) is 29.7 Å². The van der Waals surface area contributed by atoms with Gasteiger partial charge in [-0.25, -0.2) is 0 Å². The van der Waals surface area contributed by atoms with Crippen LogP contribution >= 0.6 is 0 Å². The Labute approximate surface area is 130 Å². The van der Waals surface area contributed by atoms with Crippen LogP contribution in [0.3, 0.4) is 0 Å². The van der Waals surface area contributed by atoms with Gasteiger partial charge in [0.25, 0.3) is 5.56 Å². The maximum Gasteiger partial charge on any atom is 0.256 e. The Bertz CT molecular complexity index is 1160. The molecule has 5 heteroatoms. The number of aromatic nitrogens is 1. The minimum absolute atomic E-state index is 0.191. The van der Waals surface area contributed by atoms with Crippen molar-refractivity contribution in [3.8, 4) is 11.5 Å². The molecule has 4 aromatic rings. The molecule has 0 aliphatic carbocycles. The molecule has 0 radical (unpaired) electrons. The summed E-state index contributed by atoms with van der Waals surface area (Å²) in [7, 11) is 0. The summed E-state index contributed by atoms with van der Waals surface area (Å²) in [6, 6.07) is 18.0. The summed E-state index contributed by atoms with van der Waals surface area (Å²) in [5.41, 5.74) is 0.917. The molecule has 0 aliphatic rings. The summed E-state index contributed by atoms with van der Waals surface area (Å²) in [4.78, 5) is 15.0. The van der Waals surface area contributed by atoms with E-state index >= 15 is 0 Å². The predicted octanol–water partition coefficient (Wildman–Crippen LogP) is 3.23. The van der Waals surface area contributed by atoms with Gasteiger partial charge >= 0.3 is 0 Å². The second-order valence-electron chi connectivity index (χ2n) is 5.19. The lowest BCUT2D eigenvalue weighted by atomic mass is 10.1. The van der Waals surface area contributed by atoms with Crippen molar-refractivity contribution >= 4 is 21.7 Å². The highest BCUT2D eigenvalue weighted by molar-refractivity contribution is 5.85. The van der Waals surface area contributed by atoms with E-state index in [2.05, 4.69) is 10.1 Å². The summed E-state index contributed by atoms with van der Waals surface area (Å²) in [6.07, 6.45) is 0. The van der Waals surface area contributed by atoms with Gasteiger partial charge in [0, 0.05) is 16.8 Å². The highest BCUT2D eigenvalue weighted by Gasteiger charge is 2.09. The lowest BCUT2D eigenvalue weighted by molar-refractivity contribution is 0.302. The molecule has 0 saturated heterocycles. The number of aromatic amines is 1. The van der Waals surface area contributed by atoms with Crippen LogP contribution in [0.5, 0.6) is 0 Å². The van der Waals surface area contributed by atoms with Crippen LogP contribution in [0.25, 0.3) is 33.2 Å². The highest BCUT2D eigenvalue weighted by atomic mass is 16.4. The molecule has 0 atom stereocenters. The third-order valence-corrected chi connectivity index (χ3v) is 3.78. The van der Waals surface area contributed by atoms with Gasteiger partial charge in [-0.2, -0.15) is 0 Å². The normalized spacial score (nSPS) is 12.1. The topological polar surface area (TPSA) is 78.6 Å². The zero-order valence-electron chi connectivity index (χ0n) is 12.0. The van der Waals surface area contributed by atoms with E-state index in [4.69, 9.17) is 4.42 Å². The van der Waals surface area contributed by atoms with Gasteiger partial charge < -0.3 is 14.6 Å². The number of nitrogens with zero attached hydrogens (tertiary/aromatic N) is 1. The second-order valence-corrected chi connectivity index (χ2v) is 5.19. The van der Waals surface area contributed by atoms with Gasteiger partial charge in [-0.3, -0.25) is 4.79 Å². The number of hydrogen-bond acceptors (Lipinski definition) is 4. The maximum absolute atomic E-state index is 12.2. The molecule has 0 saturated carbocycles. The zero-order valence-corrected chi connectivity index (χ0v) is 12.0. The Hall–Kier alpha value is -3.34. The van der Waals surface area contributed by atoms with Gasteiger partial charge in [0.2, 0.25) is 0 Å². The van der Waals surface area contributed by atoms with Crippen LogP contribution < -0.4 is 10.9 Å². The summed E-state index contributed by atoms with van der Waals surface area (Å²) in [5, 5.41) is 15.1. The van der Waals surface area contributed by atoms with Gasteiger partial charge in [-0.1, -0.05) is 35.5 Å². The molecule has 112 valence electrons. The SMILES string of the molecule is O=c1[nH]c(-c2c/c(=N\O)c3ccccc3o2)cc2ccccc12. The largest absolute Gasteiger partial charge is 0.454 e. The fourth-order valence-corrected chi connectivity index (χ4v) is 2.68. The molecule has 0 fully saturated rings. The first-order valence-corrected chi connectivity index (χ1v) is 7.10. The van der Waals surface area contributed by atoms with E-state index in [0.717, 1.165) is 5.39 Å². The minimum atomic E-state index is -0.191. The van der Waals surface area contributed by atoms with Crippen LogP contribution in [-0.4, -0.2) is 10.2 Å². The highest BCUT2D eigenvalue weighted by Crippen LogP contribution is 2.22. The van der Waals surface area contributed by atoms with Crippen LogP contribution in [0.2, 0.25) is 0 Å². The molecular formula is C18H12N2O3. The number of para-hydroxylation sites is 1. The van der Waals surface area contributed by atoms with Crippen LogP contribution in [-0.2, 0) is 0 Å². The fraction of sp³-hybridized carbons (Fsp3) is 0. The molecule has 0 bridgehead atoms. The minimum Gasteiger partial charge on any atom is -0.454 e. The average molecular weight is 304 g/mol. The molecule has 0 unspecified atom stereocenters. The number of rotatable bonds is 1. The van der Waals surface area contributed by atoms with Crippen molar-refractivity contribution in [1.29, 1.82) is 0 Å². The van der Waals surface area contributed by atoms with Crippen molar-refractivity contribution in [1.82, 2.24) is 4.98 Å². The third kappa shape index (κ3) is 2.19. The van der Waals surface area contributed by atoms with Gasteiger partial charge in [-0.15, -0.1) is 0 Å². The fourth-order valence-electron chi connectivity index (χ4n) is 2.68. The molecule has 2 aromatic heterocycles. The van der Waals surface area contributed by atoms with E-state index in [1.54, 1.807) is 24.3 Å². The number of fused-ring (bicyclic) bond motifs is 2. The van der Waals surface area contributed by atoms with Crippen molar-refractivity contribution in [3.05, 3.63) is 76.4 Å². The molecule has 2 aromatic carbocycles. The van der Waals surface area contributed by atoms with Crippen LogP contribution in [0.15, 0.2) is 75.0 Å². The Balaban J connectivity index is 2.05. The number of hydrogen-bond donors (Lipinski definition) is 2. The zero-order chi connectivity index (χ0) is 15.8. The van der Waals surface area contributed by atoms with E-state index in [9.17, 15) is 10.0 Å². The number of pyridine rings is 1. The Kier molecular flexibility index (Phi) is 2.98. The van der Waals surface area contributed by atoms with E-state index < -0.39 is 0 Å². The third-order valence-electron chi connectivity index (χ3n) is 3.78. The summed E-state index contributed by atoms with van der Waals surface area (Å²) in [6.45, 7) is 0. The standard InChI is InChI=1S/C18H12N2O3/c21-18-12-6-2-1-5-11(12)9-15(19-18)17-10-14(20-22)13-7-3-4-8-16(13)23-17/h1-10,22H,(H,19,21)/b20-14+. The molecule has 4 rings (SSSR count). The quantitative estimate of drug-likeness (QED) is 0.418. The van der Waals surface area contributed by atoms with Gasteiger partial charge in [0.15, 0.2) is 5.76 Å². The van der Waals surface area contributed by atoms with Crippen molar-refractivity contribution < 1.29 is 9.62 Å². The lowest BCUT2D eigenvalue weighted by Gasteiger charge is -2.05. The van der Waals surface area contributed by atoms with Crippen LogP contribution in [0, 0.1) is 0 Å². The lowest BCUT2D eigenvalue weighted by Crippen LogP contribution is -2.09. The molecule has 2 N–H and O–H groups in total. The number of benzene rings is 2. The number of nitrogens with one attached hydrogen (secondary N) is 1. The van der Waals surface area contributed by atoms with Crippen LogP contribution in [0.4, 0.5) is 0 Å². The first kappa shape index (κ1) is 13.3. The summed E-state index contributed by atoms with van der Waals surface area (Å²) < 4.78 is 5.85. The predicted molar refractivity (Wildman–Crippen MR) is 87.1 cm³/mol. The van der Waals surface area contributed by atoms with E-state index in [1.165, 1.54) is 0 Å². The Morgan fingerprint density at radius 2 is 1.70 bits per heavy atom. The van der Waals surface area contributed by atoms with E-state index in [-0.39, 0.29) is 5.56 Å². The van der Waals surface area contributed by atoms with Gasteiger partial charge in [0.1, 0.15) is 10.9 Å². The first-order chi connectivity index (χ1) is 11.3. The Morgan fingerprint density at radius 3 is 2.52 bits per heavy atom. The maximum atomic E-state index is 12.2. The van der Waals surface area contributed by atoms with Crippen LogP contribution in [0.1, 0.15) is 0 Å². The van der Waals surface area contributed by atoms with Crippen molar-refractivity contribution in [3.63, 3.8) is 0 Å². The number of H-pyrrole nitrogens is 1. The van der Waals surface area contributed by atoms with Crippen molar-refractivity contribution in [2.45, 2.75) is 0 Å². The molecule has 5 nitrogen and oxygen atoms in total. The molecule has 23 heavy (non-hydrogen) atoms. The van der Waals surface area contributed by atoms with Gasteiger partial charge in [0.05, 0.1) is 5.69 Å². The summed E-state index contributed by atoms with van der Waals surface area (Å²) >= 11 is 0. The monoisotopic (exact) mass is 304 g/mol.